The number of hydrogen-bond donors (Lipinski definition) is 4. The van der Waals surface area contributed by atoms with Gasteiger partial charge in [-0.2, -0.15) is 13.9 Å². The van der Waals surface area contributed by atoms with Crippen LogP contribution in [0.2, 0.25) is 10.0 Å². The van der Waals surface area contributed by atoms with E-state index in [-0.39, 0.29) is 6.04 Å². The number of imidazole rings is 2. The molecule has 2 atom stereocenters. The number of nitrogens with one attached hydrogen (secondary N) is 4. The lowest BCUT2D eigenvalue weighted by atomic mass is 9.98. The summed E-state index contributed by atoms with van der Waals surface area (Å²) in [7, 11) is 0. The van der Waals surface area contributed by atoms with Crippen LogP contribution in [-0.4, -0.2) is 53.2 Å². The fourth-order valence-electron chi connectivity index (χ4n) is 4.75. The summed E-state index contributed by atoms with van der Waals surface area (Å²) in [6.45, 7) is 1.59. The molecule has 38 heavy (non-hydrogen) atoms. The predicted molar refractivity (Wildman–Crippen MR) is 143 cm³/mol. The van der Waals surface area contributed by atoms with E-state index in [0.717, 1.165) is 25.0 Å². The summed E-state index contributed by atoms with van der Waals surface area (Å²) < 4.78 is 28.8. The van der Waals surface area contributed by atoms with Crippen molar-refractivity contribution in [2.45, 2.75) is 32.5 Å². The molecule has 4 N–H and O–H groups in total. The van der Waals surface area contributed by atoms with Gasteiger partial charge in [0.25, 0.3) is 0 Å². The molecule has 1 aliphatic rings. The topological polar surface area (TPSA) is 113 Å². The summed E-state index contributed by atoms with van der Waals surface area (Å²) in [6, 6.07) is 3.63. The molecule has 10 nitrogen and oxygen atoms in total. The van der Waals surface area contributed by atoms with E-state index in [4.69, 9.17) is 28.2 Å². The van der Waals surface area contributed by atoms with Crippen LogP contribution in [0.3, 0.4) is 0 Å². The van der Waals surface area contributed by atoms with Crippen molar-refractivity contribution in [3.63, 3.8) is 0 Å². The number of alkyl halides is 2. The van der Waals surface area contributed by atoms with Crippen LogP contribution in [0, 0.1) is 5.92 Å². The average Bonchev–Trinajstić information content (AvgIpc) is 3.61. The summed E-state index contributed by atoms with van der Waals surface area (Å²) in [5, 5.41) is 14.9. The number of rotatable bonds is 7. The molecule has 4 aromatic heterocycles. The molecule has 0 amide bonds. The maximum absolute atomic E-state index is 13.2. The molecule has 5 aromatic rings. The van der Waals surface area contributed by atoms with Gasteiger partial charge in [0.05, 0.1) is 51.9 Å². The summed E-state index contributed by atoms with van der Waals surface area (Å²) >= 11 is 12.3. The largest absolute Gasteiger partial charge is 0.365 e. The van der Waals surface area contributed by atoms with Crippen LogP contribution < -0.4 is 16.0 Å². The molecule has 6 rings (SSSR count). The van der Waals surface area contributed by atoms with Gasteiger partial charge in [-0.15, -0.1) is 0 Å². The minimum absolute atomic E-state index is 0.190. The molecule has 0 unspecified atom stereocenters. The molecule has 0 aliphatic carbocycles. The number of aromatic nitrogens is 7. The van der Waals surface area contributed by atoms with Crippen LogP contribution in [0.4, 0.5) is 20.4 Å². The van der Waals surface area contributed by atoms with Crippen LogP contribution in [-0.2, 0) is 6.54 Å². The zero-order chi connectivity index (χ0) is 26.4. The van der Waals surface area contributed by atoms with Gasteiger partial charge in [0.2, 0.25) is 0 Å². The first kappa shape index (κ1) is 24.8. The number of fused-ring (bicyclic) bond motifs is 2. The van der Waals surface area contributed by atoms with Crippen LogP contribution in [0.25, 0.3) is 27.9 Å². The predicted octanol–water partition coefficient (Wildman–Crippen LogP) is 5.19. The lowest BCUT2D eigenvalue weighted by Gasteiger charge is -2.29. The molecule has 0 spiro atoms. The lowest BCUT2D eigenvalue weighted by Crippen LogP contribution is -2.42. The van der Waals surface area contributed by atoms with Crippen molar-refractivity contribution in [3.05, 3.63) is 52.8 Å². The number of piperidine rings is 1. The fraction of sp³-hybridized carbons (Fsp3) is 0.333. The number of aromatic amines is 1. The van der Waals surface area contributed by atoms with Crippen LogP contribution >= 0.6 is 23.2 Å². The minimum atomic E-state index is -2.73. The van der Waals surface area contributed by atoms with E-state index in [2.05, 4.69) is 42.9 Å². The van der Waals surface area contributed by atoms with E-state index in [1.54, 1.807) is 18.3 Å². The Hall–Kier alpha value is -3.48. The zero-order valence-electron chi connectivity index (χ0n) is 20.2. The number of benzene rings is 1. The van der Waals surface area contributed by atoms with Gasteiger partial charge in [-0.1, -0.05) is 30.1 Å². The van der Waals surface area contributed by atoms with E-state index in [9.17, 15) is 8.78 Å². The quantitative estimate of drug-likeness (QED) is 0.216. The molecule has 1 saturated heterocycles. The standard InChI is InChI=1S/C24H24Cl2F2N10/c1-12-2-14(7-29-5-12)33-21-11-37-19(13-6-32-38(10-13)24(27)28)8-31-23(37)22(36-21)30-9-20-34-17-3-15(25)16(26)4-18(17)35-20/h3-4,6,8,10-12,14,24,29,33H,2,5,7,9H2,1H3,(H,30,36)(H,34,35)/t12-,14+/m1/s1. The average molecular weight is 561 g/mol. The van der Waals surface area contributed by atoms with Crippen molar-refractivity contribution >= 4 is 51.5 Å². The molecule has 5 heterocycles. The van der Waals surface area contributed by atoms with Gasteiger partial charge in [0, 0.05) is 24.3 Å². The number of H-pyrrole nitrogens is 1. The van der Waals surface area contributed by atoms with Crippen molar-refractivity contribution in [1.82, 2.24) is 39.4 Å². The summed E-state index contributed by atoms with van der Waals surface area (Å²) in [6.07, 6.45) is 7.14. The van der Waals surface area contributed by atoms with E-state index >= 15 is 0 Å². The van der Waals surface area contributed by atoms with Crippen LogP contribution in [0.15, 0.2) is 36.9 Å². The van der Waals surface area contributed by atoms with Gasteiger partial charge < -0.3 is 20.9 Å². The first-order valence-electron chi connectivity index (χ1n) is 12.1. The van der Waals surface area contributed by atoms with Crippen molar-refractivity contribution in [2.24, 2.45) is 5.92 Å². The van der Waals surface area contributed by atoms with Crippen molar-refractivity contribution in [3.8, 4) is 11.3 Å². The van der Waals surface area contributed by atoms with Gasteiger partial charge in [0.15, 0.2) is 11.5 Å². The zero-order valence-corrected chi connectivity index (χ0v) is 21.7. The first-order chi connectivity index (χ1) is 18.3. The number of anilines is 2. The van der Waals surface area contributed by atoms with Crippen LogP contribution in [0.5, 0.6) is 0 Å². The van der Waals surface area contributed by atoms with Crippen molar-refractivity contribution in [2.75, 3.05) is 23.7 Å². The fourth-order valence-corrected chi connectivity index (χ4v) is 5.07. The number of nitrogens with zero attached hydrogens (tertiary/aromatic N) is 6. The second-order valence-electron chi connectivity index (χ2n) is 9.46. The molecule has 0 bridgehead atoms. The Bertz CT molecular complexity index is 1570. The minimum Gasteiger partial charge on any atom is -0.365 e. The second kappa shape index (κ2) is 10.0. The third kappa shape index (κ3) is 4.86. The molecular weight excluding hydrogens is 537 g/mol. The van der Waals surface area contributed by atoms with Crippen molar-refractivity contribution in [1.29, 1.82) is 0 Å². The maximum Gasteiger partial charge on any atom is 0.333 e. The Labute approximate surface area is 225 Å². The lowest BCUT2D eigenvalue weighted by molar-refractivity contribution is 0.0566. The highest BCUT2D eigenvalue weighted by atomic mass is 35.5. The Morgan fingerprint density at radius 1 is 1.13 bits per heavy atom. The Morgan fingerprint density at radius 2 is 1.97 bits per heavy atom. The SMILES string of the molecule is C[C@H]1CNC[C@@H](Nc2cn3c(-c4cnn(C(F)F)c4)cnc3c(NCc3nc4cc(Cl)c(Cl)cc4[nH]3)n2)C1. The van der Waals surface area contributed by atoms with E-state index in [0.29, 0.717) is 67.1 Å². The van der Waals surface area contributed by atoms with Crippen LogP contribution in [0.1, 0.15) is 25.7 Å². The molecule has 14 heteroatoms. The molecular formula is C24H24Cl2F2N10. The van der Waals surface area contributed by atoms with Gasteiger partial charge >= 0.3 is 6.55 Å². The molecule has 0 radical (unpaired) electrons. The normalized spacial score (nSPS) is 18.1. The highest BCUT2D eigenvalue weighted by Gasteiger charge is 2.21. The molecule has 198 valence electrons. The summed E-state index contributed by atoms with van der Waals surface area (Å²) in [5.41, 5.74) is 3.13. The van der Waals surface area contributed by atoms with Gasteiger partial charge in [-0.25, -0.2) is 19.6 Å². The second-order valence-corrected chi connectivity index (χ2v) is 10.3. The monoisotopic (exact) mass is 560 g/mol. The van der Waals surface area contributed by atoms with Gasteiger partial charge in [0.1, 0.15) is 11.6 Å². The summed E-state index contributed by atoms with van der Waals surface area (Å²) in [5.74, 6) is 2.33. The Kier molecular flexibility index (Phi) is 6.54. The highest BCUT2D eigenvalue weighted by molar-refractivity contribution is 6.42. The smallest absolute Gasteiger partial charge is 0.333 e. The van der Waals surface area contributed by atoms with E-state index in [1.165, 1.54) is 12.4 Å². The molecule has 0 saturated carbocycles. The van der Waals surface area contributed by atoms with E-state index < -0.39 is 6.55 Å². The van der Waals surface area contributed by atoms with Gasteiger partial charge in [-0.05, 0) is 31.0 Å². The Morgan fingerprint density at radius 3 is 2.76 bits per heavy atom. The molecule has 1 aromatic carbocycles. The number of halogens is 4. The molecule has 1 fully saturated rings. The van der Waals surface area contributed by atoms with Gasteiger partial charge in [-0.3, -0.25) is 4.40 Å². The summed E-state index contributed by atoms with van der Waals surface area (Å²) in [4.78, 5) is 17.2. The maximum atomic E-state index is 13.2. The highest BCUT2D eigenvalue weighted by Crippen LogP contribution is 2.29. The third-order valence-electron chi connectivity index (χ3n) is 6.51. The Balaban J connectivity index is 1.35. The van der Waals surface area contributed by atoms with E-state index in [1.807, 2.05) is 10.6 Å². The first-order valence-corrected chi connectivity index (χ1v) is 12.8. The number of hydrogen-bond acceptors (Lipinski definition) is 7. The molecule has 1 aliphatic heterocycles. The van der Waals surface area contributed by atoms with Crippen molar-refractivity contribution < 1.29 is 8.78 Å². The third-order valence-corrected chi connectivity index (χ3v) is 7.23.